The molecule has 0 spiro atoms. The number of pyridine rings is 1. The van der Waals surface area contributed by atoms with Crippen LogP contribution in [-0.2, 0) is 15.0 Å². The van der Waals surface area contributed by atoms with E-state index in [1.165, 1.54) is 30.4 Å². The van der Waals surface area contributed by atoms with Crippen molar-refractivity contribution in [3.63, 3.8) is 0 Å². The molecule has 1 unspecified atom stereocenters. The van der Waals surface area contributed by atoms with Gasteiger partial charge < -0.3 is 19.7 Å². The van der Waals surface area contributed by atoms with E-state index in [9.17, 15) is 19.0 Å². The quantitative estimate of drug-likeness (QED) is 0.275. The predicted octanol–water partition coefficient (Wildman–Crippen LogP) is 2.02. The van der Waals surface area contributed by atoms with Crippen LogP contribution in [0.3, 0.4) is 0 Å². The van der Waals surface area contributed by atoms with E-state index in [-0.39, 0.29) is 11.3 Å². The number of halogens is 3. The average Bonchev–Trinajstić information content (AvgIpc) is 3.33. The molecule has 3 aromatic rings. The van der Waals surface area contributed by atoms with Crippen molar-refractivity contribution >= 4 is 24.2 Å². The molecule has 0 amide bonds. The largest absolute Gasteiger partial charge is 0.394 e. The van der Waals surface area contributed by atoms with Crippen molar-refractivity contribution < 1.29 is 28.5 Å². The maximum atomic E-state index is 14.1. The number of aliphatic hydroxyl groups excluding tert-OH is 2. The van der Waals surface area contributed by atoms with Crippen LogP contribution in [0.15, 0.2) is 36.8 Å². The van der Waals surface area contributed by atoms with E-state index in [0.717, 1.165) is 12.1 Å². The van der Waals surface area contributed by atoms with Crippen molar-refractivity contribution in [3.05, 3.63) is 64.6 Å². The van der Waals surface area contributed by atoms with Crippen LogP contribution in [-0.4, -0.2) is 67.7 Å². The van der Waals surface area contributed by atoms with Crippen LogP contribution in [0.25, 0.3) is 11.3 Å². The fourth-order valence-corrected chi connectivity index (χ4v) is 4.80. The lowest BCUT2D eigenvalue weighted by Gasteiger charge is -2.51. The number of aliphatic hydroxyl groups is 2. The lowest BCUT2D eigenvalue weighted by atomic mass is 9.75. The second-order valence-electron chi connectivity index (χ2n) is 7.58. The number of rotatable bonds is 5. The molecule has 1 fully saturated rings. The van der Waals surface area contributed by atoms with Crippen molar-refractivity contribution in [2.45, 2.75) is 29.3 Å². The highest BCUT2D eigenvalue weighted by Gasteiger charge is 2.59. The van der Waals surface area contributed by atoms with Crippen LogP contribution in [0.4, 0.5) is 8.78 Å². The molecule has 0 saturated carbocycles. The van der Waals surface area contributed by atoms with Gasteiger partial charge in [0.2, 0.25) is 0 Å². The standard InChI is InChI=1S/C22H19ClF2N4O4S/c1-3-11-4-13(8-26-7-11)22(19(31)17(10-30)33-21(34)20(22)32-2)29-9-16(27-28-29)12-5-14(24)18(23)15(25)6-12/h1,4-9,17,19-21,30-31,34H,10H2,2H3/t17-,19+,20+,21-,22?/m1/s1. The molecule has 34 heavy (non-hydrogen) atoms. The van der Waals surface area contributed by atoms with Gasteiger partial charge in [0.15, 0.2) is 0 Å². The summed E-state index contributed by atoms with van der Waals surface area (Å²) in [5.74, 6) is 0.544. The Labute approximate surface area is 203 Å². The molecular weight excluding hydrogens is 490 g/mol. The molecule has 1 aromatic carbocycles. The van der Waals surface area contributed by atoms with Crippen molar-refractivity contribution in [2.75, 3.05) is 13.7 Å². The van der Waals surface area contributed by atoms with E-state index >= 15 is 0 Å². The molecule has 0 bridgehead atoms. The Bertz CT molecular complexity index is 1230. The summed E-state index contributed by atoms with van der Waals surface area (Å²) < 4.78 is 40.7. The third-order valence-corrected chi connectivity index (χ3v) is 6.52. The number of nitrogens with zero attached hydrogens (tertiary/aromatic N) is 4. The van der Waals surface area contributed by atoms with Gasteiger partial charge >= 0.3 is 0 Å². The van der Waals surface area contributed by atoms with Crippen LogP contribution in [0, 0.1) is 24.0 Å². The van der Waals surface area contributed by atoms with E-state index in [4.69, 9.17) is 27.5 Å². The number of terminal acetylenes is 1. The third kappa shape index (κ3) is 3.86. The molecule has 3 heterocycles. The summed E-state index contributed by atoms with van der Waals surface area (Å²) in [5.41, 5.74) is -1.61. The Balaban J connectivity index is 1.97. The maximum Gasteiger partial charge on any atom is 0.149 e. The highest BCUT2D eigenvalue weighted by atomic mass is 35.5. The van der Waals surface area contributed by atoms with E-state index < -0.39 is 52.6 Å². The Morgan fingerprint density at radius 2 is 2.03 bits per heavy atom. The normalized spacial score (nSPS) is 26.9. The van der Waals surface area contributed by atoms with Gasteiger partial charge in [-0.05, 0) is 18.2 Å². The summed E-state index contributed by atoms with van der Waals surface area (Å²) in [5, 5.41) is 28.9. The van der Waals surface area contributed by atoms with Gasteiger partial charge in [-0.1, -0.05) is 22.7 Å². The molecule has 1 aliphatic rings. The first kappa shape index (κ1) is 24.5. The van der Waals surface area contributed by atoms with Gasteiger partial charge in [0.25, 0.3) is 0 Å². The second-order valence-corrected chi connectivity index (χ2v) is 8.47. The third-order valence-electron chi connectivity index (χ3n) is 5.76. The molecule has 0 aliphatic carbocycles. The number of hydrogen-bond donors (Lipinski definition) is 3. The smallest absolute Gasteiger partial charge is 0.149 e. The minimum atomic E-state index is -1.60. The summed E-state index contributed by atoms with van der Waals surface area (Å²) in [6.45, 7) is -0.548. The number of aromatic nitrogens is 4. The fraction of sp³-hybridized carbons (Fsp3) is 0.318. The van der Waals surface area contributed by atoms with Crippen LogP contribution in [0.5, 0.6) is 0 Å². The molecule has 4 rings (SSSR count). The molecule has 8 nitrogen and oxygen atoms in total. The summed E-state index contributed by atoms with van der Waals surface area (Å²) in [6.07, 6.45) is 6.31. The lowest BCUT2D eigenvalue weighted by molar-refractivity contribution is -0.213. The molecule has 2 N–H and O–H groups in total. The topological polar surface area (TPSA) is 103 Å². The van der Waals surface area contributed by atoms with Crippen LogP contribution in [0.1, 0.15) is 11.1 Å². The van der Waals surface area contributed by atoms with Gasteiger partial charge in [0.1, 0.15) is 51.6 Å². The van der Waals surface area contributed by atoms with E-state index in [0.29, 0.717) is 11.1 Å². The highest BCUT2D eigenvalue weighted by Crippen LogP contribution is 2.44. The van der Waals surface area contributed by atoms with Crippen molar-refractivity contribution in [1.29, 1.82) is 0 Å². The summed E-state index contributed by atoms with van der Waals surface area (Å²) in [4.78, 5) is 4.17. The molecule has 178 valence electrons. The lowest BCUT2D eigenvalue weighted by Crippen LogP contribution is -2.67. The van der Waals surface area contributed by atoms with Gasteiger partial charge in [-0.2, -0.15) is 0 Å². The Morgan fingerprint density at radius 3 is 2.65 bits per heavy atom. The van der Waals surface area contributed by atoms with E-state index in [1.54, 1.807) is 6.07 Å². The van der Waals surface area contributed by atoms with Gasteiger partial charge in [0, 0.05) is 36.2 Å². The first-order valence-corrected chi connectivity index (χ1v) is 10.8. The predicted molar refractivity (Wildman–Crippen MR) is 121 cm³/mol. The van der Waals surface area contributed by atoms with E-state index in [1.807, 2.05) is 0 Å². The summed E-state index contributed by atoms with van der Waals surface area (Å²) in [6, 6.07) is 3.63. The summed E-state index contributed by atoms with van der Waals surface area (Å²) >= 11 is 10.1. The van der Waals surface area contributed by atoms with Crippen LogP contribution < -0.4 is 0 Å². The van der Waals surface area contributed by atoms with Gasteiger partial charge in [-0.3, -0.25) is 4.98 Å². The van der Waals surface area contributed by atoms with E-state index in [2.05, 4.69) is 33.8 Å². The molecule has 5 atom stereocenters. The number of benzene rings is 1. The van der Waals surface area contributed by atoms with Crippen LogP contribution in [0.2, 0.25) is 5.02 Å². The fourth-order valence-electron chi connectivity index (χ4n) is 4.18. The zero-order chi connectivity index (χ0) is 24.6. The zero-order valence-electron chi connectivity index (χ0n) is 17.6. The van der Waals surface area contributed by atoms with Gasteiger partial charge in [0.05, 0.1) is 12.8 Å². The van der Waals surface area contributed by atoms with Gasteiger partial charge in [-0.25, -0.2) is 13.5 Å². The molecule has 1 aliphatic heterocycles. The Morgan fingerprint density at radius 1 is 1.32 bits per heavy atom. The molecular formula is C22H19ClF2N4O4S. The number of ether oxygens (including phenoxy) is 2. The minimum absolute atomic E-state index is 0.0629. The SMILES string of the molecule is C#Cc1cncc(C2(n3cc(-c4cc(F)c(Cl)c(F)c4)nn3)[C@@H](O)[C@@H](CO)O[C@H](S)[C@@H]2OC)c1. The zero-order valence-corrected chi connectivity index (χ0v) is 19.3. The Kier molecular flexibility index (Phi) is 6.91. The van der Waals surface area contributed by atoms with Crippen molar-refractivity contribution in [1.82, 2.24) is 20.0 Å². The Hall–Kier alpha value is -2.59. The molecule has 12 heteroatoms. The molecule has 1 saturated heterocycles. The van der Waals surface area contributed by atoms with Gasteiger partial charge in [-0.15, -0.1) is 24.2 Å². The molecule has 0 radical (unpaired) electrons. The summed E-state index contributed by atoms with van der Waals surface area (Å²) in [7, 11) is 1.39. The highest BCUT2D eigenvalue weighted by molar-refractivity contribution is 7.80. The monoisotopic (exact) mass is 508 g/mol. The second kappa shape index (κ2) is 9.58. The molecule has 2 aromatic heterocycles. The first-order chi connectivity index (χ1) is 16.3. The van der Waals surface area contributed by atoms with Crippen molar-refractivity contribution in [3.8, 4) is 23.6 Å². The first-order valence-electron chi connectivity index (χ1n) is 9.93. The number of thiol groups is 1. The minimum Gasteiger partial charge on any atom is -0.394 e. The number of hydrogen-bond acceptors (Lipinski definition) is 8. The van der Waals surface area contributed by atoms with Crippen LogP contribution >= 0.6 is 24.2 Å². The number of methoxy groups -OCH3 is 1. The average molecular weight is 509 g/mol. The van der Waals surface area contributed by atoms with Crippen molar-refractivity contribution in [2.24, 2.45) is 0 Å². The maximum absolute atomic E-state index is 14.1.